The van der Waals surface area contributed by atoms with E-state index in [1.165, 1.54) is 5.56 Å². The number of amides is 1. The minimum Gasteiger partial charge on any atom is -0.480 e. The molecule has 1 aromatic carbocycles. The Labute approximate surface area is 118 Å². The first-order chi connectivity index (χ1) is 9.56. The molecule has 6 nitrogen and oxygen atoms in total. The maximum absolute atomic E-state index is 11.8. The zero-order chi connectivity index (χ0) is 15.0. The third-order valence-corrected chi connectivity index (χ3v) is 2.87. The average Bonchev–Trinajstić information content (AvgIpc) is 2.44. The van der Waals surface area contributed by atoms with Gasteiger partial charge in [0.05, 0.1) is 6.42 Å². The van der Waals surface area contributed by atoms with Crippen molar-refractivity contribution >= 4 is 17.6 Å². The van der Waals surface area contributed by atoms with E-state index in [1.807, 2.05) is 19.1 Å². The molecular weight excluding hydrogens is 258 g/mol. The lowest BCUT2D eigenvalue weighted by Gasteiger charge is -2.13. The smallest absolute Gasteiger partial charge is 0.321 e. The van der Waals surface area contributed by atoms with E-state index in [9.17, 15) is 9.59 Å². The van der Waals surface area contributed by atoms with Gasteiger partial charge in [-0.25, -0.2) is 0 Å². The van der Waals surface area contributed by atoms with Crippen LogP contribution in [0.1, 0.15) is 18.9 Å². The number of nitrogens with one attached hydrogen (secondary N) is 2. The van der Waals surface area contributed by atoms with E-state index in [-0.39, 0.29) is 12.3 Å². The Kier molecular flexibility index (Phi) is 6.69. The molecule has 0 bridgehead atoms. The van der Waals surface area contributed by atoms with Crippen molar-refractivity contribution in [2.45, 2.75) is 25.8 Å². The molecule has 20 heavy (non-hydrogen) atoms. The summed E-state index contributed by atoms with van der Waals surface area (Å²) in [4.78, 5) is 22.8. The van der Waals surface area contributed by atoms with E-state index < -0.39 is 12.0 Å². The lowest BCUT2D eigenvalue weighted by molar-refractivity contribution is -0.141. The average molecular weight is 279 g/mol. The van der Waals surface area contributed by atoms with Crippen LogP contribution in [0.5, 0.6) is 0 Å². The van der Waals surface area contributed by atoms with Gasteiger partial charge in [-0.1, -0.05) is 19.1 Å². The third-order valence-electron chi connectivity index (χ3n) is 2.87. The van der Waals surface area contributed by atoms with Crippen molar-refractivity contribution in [2.75, 3.05) is 18.4 Å². The molecule has 0 spiro atoms. The fourth-order valence-corrected chi connectivity index (χ4v) is 1.73. The van der Waals surface area contributed by atoms with Gasteiger partial charge in [0.2, 0.25) is 5.91 Å². The van der Waals surface area contributed by atoms with Gasteiger partial charge in [0, 0.05) is 18.8 Å². The fraction of sp³-hybridized carbons (Fsp3) is 0.429. The Morgan fingerprint density at radius 3 is 2.45 bits per heavy atom. The Morgan fingerprint density at radius 2 is 1.95 bits per heavy atom. The number of nitrogens with two attached hydrogens (primary N) is 1. The predicted octanol–water partition coefficient (Wildman–Crippen LogP) is 0.579. The third kappa shape index (κ3) is 5.38. The van der Waals surface area contributed by atoms with E-state index in [1.54, 1.807) is 12.1 Å². The molecule has 110 valence electrons. The molecule has 6 heteroatoms. The SMILES string of the molecule is CCc1ccc(NC(=O)C[C@@H](NCCN)C(=O)O)cc1. The number of aryl methyl sites for hydroxylation is 1. The van der Waals surface area contributed by atoms with Crippen LogP contribution in [0.2, 0.25) is 0 Å². The van der Waals surface area contributed by atoms with Crippen LogP contribution < -0.4 is 16.4 Å². The van der Waals surface area contributed by atoms with Crippen LogP contribution in [0.3, 0.4) is 0 Å². The molecule has 0 heterocycles. The highest BCUT2D eigenvalue weighted by molar-refractivity contribution is 5.94. The second-order valence-corrected chi connectivity index (χ2v) is 4.44. The summed E-state index contributed by atoms with van der Waals surface area (Å²) in [5.41, 5.74) is 7.14. The molecule has 0 aliphatic heterocycles. The minimum absolute atomic E-state index is 0.134. The van der Waals surface area contributed by atoms with Crippen LogP contribution >= 0.6 is 0 Å². The van der Waals surface area contributed by atoms with E-state index in [4.69, 9.17) is 10.8 Å². The maximum atomic E-state index is 11.8. The number of rotatable bonds is 8. The zero-order valence-corrected chi connectivity index (χ0v) is 11.6. The number of carbonyl (C=O) groups excluding carboxylic acids is 1. The molecule has 1 atom stereocenters. The van der Waals surface area contributed by atoms with E-state index in [0.717, 1.165) is 6.42 Å². The van der Waals surface area contributed by atoms with Gasteiger partial charge in [-0.15, -0.1) is 0 Å². The van der Waals surface area contributed by atoms with Crippen molar-refractivity contribution in [3.8, 4) is 0 Å². The van der Waals surface area contributed by atoms with Crippen molar-refractivity contribution < 1.29 is 14.7 Å². The molecule has 0 fully saturated rings. The highest BCUT2D eigenvalue weighted by atomic mass is 16.4. The molecular formula is C14H21N3O3. The standard InChI is InChI=1S/C14H21N3O3/c1-2-10-3-5-11(6-4-10)17-13(18)9-12(14(19)20)16-8-7-15/h3-6,12,16H,2,7-9,15H2,1H3,(H,17,18)(H,19,20)/t12-/m1/s1. The Morgan fingerprint density at radius 1 is 1.30 bits per heavy atom. The van der Waals surface area contributed by atoms with Crippen LogP contribution in [0.4, 0.5) is 5.69 Å². The molecule has 1 aromatic rings. The van der Waals surface area contributed by atoms with Crippen LogP contribution in [-0.2, 0) is 16.0 Å². The number of carbonyl (C=O) groups is 2. The molecule has 0 radical (unpaired) electrons. The van der Waals surface area contributed by atoms with Gasteiger partial charge >= 0.3 is 5.97 Å². The van der Waals surface area contributed by atoms with E-state index in [2.05, 4.69) is 10.6 Å². The molecule has 1 rings (SSSR count). The molecule has 0 aliphatic carbocycles. The van der Waals surface area contributed by atoms with Gasteiger partial charge in [0.1, 0.15) is 6.04 Å². The summed E-state index contributed by atoms with van der Waals surface area (Å²) in [6.45, 7) is 2.73. The number of hydrogen-bond acceptors (Lipinski definition) is 4. The van der Waals surface area contributed by atoms with Gasteiger partial charge in [-0.05, 0) is 24.1 Å². The first-order valence-electron chi connectivity index (χ1n) is 6.61. The molecule has 0 aromatic heterocycles. The fourth-order valence-electron chi connectivity index (χ4n) is 1.73. The lowest BCUT2D eigenvalue weighted by atomic mass is 10.1. The topological polar surface area (TPSA) is 104 Å². The molecule has 0 aliphatic rings. The monoisotopic (exact) mass is 279 g/mol. The van der Waals surface area contributed by atoms with Crippen LogP contribution in [0, 0.1) is 0 Å². The first kappa shape index (κ1) is 16.1. The van der Waals surface area contributed by atoms with E-state index >= 15 is 0 Å². The Hall–Kier alpha value is -1.92. The summed E-state index contributed by atoms with van der Waals surface area (Å²) in [5, 5.41) is 14.4. The maximum Gasteiger partial charge on any atom is 0.321 e. The highest BCUT2D eigenvalue weighted by Gasteiger charge is 2.20. The van der Waals surface area contributed by atoms with Crippen molar-refractivity contribution in [2.24, 2.45) is 5.73 Å². The van der Waals surface area contributed by atoms with Crippen molar-refractivity contribution in [3.05, 3.63) is 29.8 Å². The van der Waals surface area contributed by atoms with Crippen LogP contribution in [-0.4, -0.2) is 36.1 Å². The van der Waals surface area contributed by atoms with Gasteiger partial charge in [0.25, 0.3) is 0 Å². The normalized spacial score (nSPS) is 11.9. The summed E-state index contributed by atoms with van der Waals surface area (Å²) >= 11 is 0. The molecule has 0 saturated carbocycles. The van der Waals surface area contributed by atoms with Gasteiger partial charge in [0.15, 0.2) is 0 Å². The summed E-state index contributed by atoms with van der Waals surface area (Å²) < 4.78 is 0. The number of hydrogen-bond donors (Lipinski definition) is 4. The van der Waals surface area contributed by atoms with Crippen LogP contribution in [0.25, 0.3) is 0 Å². The van der Waals surface area contributed by atoms with Crippen molar-refractivity contribution in [1.29, 1.82) is 0 Å². The summed E-state index contributed by atoms with van der Waals surface area (Å²) in [7, 11) is 0. The van der Waals surface area contributed by atoms with Gasteiger partial charge < -0.3 is 21.5 Å². The van der Waals surface area contributed by atoms with Crippen LogP contribution in [0.15, 0.2) is 24.3 Å². The Bertz CT molecular complexity index is 445. The highest BCUT2D eigenvalue weighted by Crippen LogP contribution is 2.10. The number of benzene rings is 1. The second-order valence-electron chi connectivity index (χ2n) is 4.44. The molecule has 0 unspecified atom stereocenters. The van der Waals surface area contributed by atoms with Crippen molar-refractivity contribution in [1.82, 2.24) is 5.32 Å². The van der Waals surface area contributed by atoms with Gasteiger partial charge in [-0.3, -0.25) is 9.59 Å². The summed E-state index contributed by atoms with van der Waals surface area (Å²) in [6, 6.07) is 6.54. The number of anilines is 1. The summed E-state index contributed by atoms with van der Waals surface area (Å²) in [6.07, 6.45) is 0.795. The largest absolute Gasteiger partial charge is 0.480 e. The zero-order valence-electron chi connectivity index (χ0n) is 11.6. The number of aliphatic carboxylic acids is 1. The molecule has 0 saturated heterocycles. The quantitative estimate of drug-likeness (QED) is 0.557. The Balaban J connectivity index is 2.53. The lowest BCUT2D eigenvalue weighted by Crippen LogP contribution is -2.41. The number of carboxylic acid groups (broad SMARTS) is 1. The summed E-state index contributed by atoms with van der Waals surface area (Å²) in [5.74, 6) is -1.40. The van der Waals surface area contributed by atoms with E-state index in [0.29, 0.717) is 18.8 Å². The predicted molar refractivity (Wildman–Crippen MR) is 77.5 cm³/mol. The molecule has 5 N–H and O–H groups in total. The number of carboxylic acids is 1. The molecule has 1 amide bonds. The first-order valence-corrected chi connectivity index (χ1v) is 6.61. The minimum atomic E-state index is -1.06. The van der Waals surface area contributed by atoms with Gasteiger partial charge in [-0.2, -0.15) is 0 Å². The van der Waals surface area contributed by atoms with Crippen molar-refractivity contribution in [3.63, 3.8) is 0 Å². The second kappa shape index (κ2) is 8.29.